The molecule has 0 aliphatic carbocycles. The number of para-hydroxylation sites is 1. The summed E-state index contributed by atoms with van der Waals surface area (Å²) in [5.74, 6) is 0.176. The van der Waals surface area contributed by atoms with E-state index in [4.69, 9.17) is 20.8 Å². The molecule has 8 heteroatoms. The van der Waals surface area contributed by atoms with Gasteiger partial charge in [0.2, 0.25) is 0 Å². The third-order valence-electron chi connectivity index (χ3n) is 3.85. The highest BCUT2D eigenvalue weighted by Gasteiger charge is 2.13. The highest BCUT2D eigenvalue weighted by atomic mass is 35.5. The molecular weight excluding hydrogens is 400 g/mol. The molecule has 1 N–H and O–H groups in total. The van der Waals surface area contributed by atoms with E-state index in [0.717, 1.165) is 5.39 Å². The predicted molar refractivity (Wildman–Crippen MR) is 109 cm³/mol. The summed E-state index contributed by atoms with van der Waals surface area (Å²) in [6.07, 6.45) is 0. The van der Waals surface area contributed by atoms with Gasteiger partial charge in [-0.1, -0.05) is 29.8 Å². The smallest absolute Gasteiger partial charge is 0.345 e. The molecule has 0 aliphatic heterocycles. The molecule has 0 radical (unpaired) electrons. The molecule has 0 saturated heterocycles. The van der Waals surface area contributed by atoms with Crippen molar-refractivity contribution in [2.75, 3.05) is 11.9 Å². The van der Waals surface area contributed by atoms with Crippen molar-refractivity contribution in [2.45, 2.75) is 0 Å². The summed E-state index contributed by atoms with van der Waals surface area (Å²) in [4.78, 5) is 28.6. The molecule has 0 bridgehead atoms. The maximum atomic E-state index is 12.2. The molecule has 2 aromatic carbocycles. The van der Waals surface area contributed by atoms with Crippen LogP contribution in [0.5, 0.6) is 5.75 Å². The zero-order chi connectivity index (χ0) is 19.5. The van der Waals surface area contributed by atoms with Crippen LogP contribution in [0.1, 0.15) is 0 Å². The topological polar surface area (TPSA) is 81.4 Å². The normalized spacial score (nSPS) is 10.8. The molecule has 0 fully saturated rings. The van der Waals surface area contributed by atoms with E-state index in [9.17, 15) is 9.59 Å². The van der Waals surface area contributed by atoms with Crippen molar-refractivity contribution in [1.29, 1.82) is 0 Å². The molecule has 6 nitrogen and oxygen atoms in total. The monoisotopic (exact) mass is 412 g/mol. The first-order chi connectivity index (χ1) is 13.6. The van der Waals surface area contributed by atoms with Crippen molar-refractivity contribution in [2.24, 2.45) is 0 Å². The van der Waals surface area contributed by atoms with Gasteiger partial charge in [-0.2, -0.15) is 0 Å². The lowest BCUT2D eigenvalue weighted by Crippen LogP contribution is -2.20. The predicted octanol–water partition coefficient (Wildman–Crippen LogP) is 4.59. The number of fused-ring (bicyclic) bond motifs is 1. The molecule has 0 spiro atoms. The van der Waals surface area contributed by atoms with E-state index in [1.165, 1.54) is 11.3 Å². The third-order valence-corrected chi connectivity index (χ3v) is 4.86. The van der Waals surface area contributed by atoms with Gasteiger partial charge >= 0.3 is 5.63 Å². The number of nitrogens with one attached hydrogen (secondary N) is 1. The van der Waals surface area contributed by atoms with Crippen molar-refractivity contribution >= 4 is 44.9 Å². The number of carbonyl (C=O) groups excluding carboxylic acids is 1. The first-order valence-electron chi connectivity index (χ1n) is 8.25. The maximum absolute atomic E-state index is 12.2. The summed E-state index contributed by atoms with van der Waals surface area (Å²) < 4.78 is 10.7. The van der Waals surface area contributed by atoms with Gasteiger partial charge in [-0.25, -0.2) is 9.78 Å². The third kappa shape index (κ3) is 4.05. The van der Waals surface area contributed by atoms with Gasteiger partial charge in [0.25, 0.3) is 5.91 Å². The second-order valence-electron chi connectivity index (χ2n) is 5.81. The second kappa shape index (κ2) is 7.84. The fraction of sp³-hybridized carbons (Fsp3) is 0.0500. The Morgan fingerprint density at radius 2 is 1.96 bits per heavy atom. The molecule has 0 aliphatic rings. The van der Waals surface area contributed by atoms with Crippen LogP contribution >= 0.6 is 22.9 Å². The summed E-state index contributed by atoms with van der Waals surface area (Å²) in [5, 5.41) is 6.10. The fourth-order valence-corrected chi connectivity index (χ4v) is 3.38. The minimum atomic E-state index is -0.479. The molecule has 0 unspecified atom stereocenters. The molecule has 2 aromatic heterocycles. The Labute approximate surface area is 168 Å². The molecule has 140 valence electrons. The van der Waals surface area contributed by atoms with E-state index in [-0.39, 0.29) is 12.5 Å². The van der Waals surface area contributed by atoms with Gasteiger partial charge < -0.3 is 9.15 Å². The molecule has 0 atom stereocenters. The van der Waals surface area contributed by atoms with Crippen LogP contribution in [0.25, 0.3) is 22.2 Å². The fourth-order valence-electron chi connectivity index (χ4n) is 2.53. The number of rotatable bonds is 5. The summed E-state index contributed by atoms with van der Waals surface area (Å²) >= 11 is 7.02. The van der Waals surface area contributed by atoms with E-state index >= 15 is 0 Å². The molecule has 1 amide bonds. The minimum absolute atomic E-state index is 0.172. The second-order valence-corrected chi connectivity index (χ2v) is 7.11. The largest absolute Gasteiger partial charge is 0.484 e. The lowest BCUT2D eigenvalue weighted by atomic mass is 10.1. The van der Waals surface area contributed by atoms with Gasteiger partial charge in [0.1, 0.15) is 11.3 Å². The molecule has 4 rings (SSSR count). The Kier molecular flexibility index (Phi) is 5.10. The average molecular weight is 413 g/mol. The number of ether oxygens (including phenoxy) is 1. The Morgan fingerprint density at radius 1 is 1.18 bits per heavy atom. The minimum Gasteiger partial charge on any atom is -0.484 e. The van der Waals surface area contributed by atoms with Crippen LogP contribution in [0.15, 0.2) is 69.2 Å². The van der Waals surface area contributed by atoms with Gasteiger partial charge in [-0.3, -0.25) is 10.1 Å². The van der Waals surface area contributed by atoms with E-state index < -0.39 is 5.63 Å². The van der Waals surface area contributed by atoms with Crippen molar-refractivity contribution in [1.82, 2.24) is 4.98 Å². The molecule has 0 saturated carbocycles. The number of carbonyl (C=O) groups is 1. The van der Waals surface area contributed by atoms with E-state index in [1.807, 2.05) is 12.1 Å². The summed E-state index contributed by atoms with van der Waals surface area (Å²) in [6, 6.07) is 15.7. The lowest BCUT2D eigenvalue weighted by Gasteiger charge is -2.05. The number of nitrogens with zero attached hydrogens (tertiary/aromatic N) is 1. The van der Waals surface area contributed by atoms with Crippen LogP contribution in [0.2, 0.25) is 5.02 Å². The number of hydrogen-bond acceptors (Lipinski definition) is 6. The Hall–Kier alpha value is -3.16. The Bertz CT molecular complexity index is 1200. The van der Waals surface area contributed by atoms with Crippen LogP contribution < -0.4 is 15.7 Å². The first-order valence-corrected chi connectivity index (χ1v) is 9.51. The summed E-state index contributed by atoms with van der Waals surface area (Å²) in [7, 11) is 0. The van der Waals surface area contributed by atoms with Crippen LogP contribution in [0.4, 0.5) is 5.13 Å². The SMILES string of the molecule is O=C(COc1ccc(Cl)cc1)Nc1nc(-c2cc3ccccc3oc2=O)cs1. The van der Waals surface area contributed by atoms with E-state index in [1.54, 1.807) is 47.8 Å². The maximum Gasteiger partial charge on any atom is 0.345 e. The average Bonchev–Trinajstić information content (AvgIpc) is 3.15. The summed E-state index contributed by atoms with van der Waals surface area (Å²) in [5.41, 5.74) is 0.818. The first kappa shape index (κ1) is 18.2. The van der Waals surface area contributed by atoms with E-state index in [2.05, 4.69) is 10.3 Å². The zero-order valence-corrected chi connectivity index (χ0v) is 15.9. The number of aromatic nitrogens is 1. The van der Waals surface area contributed by atoms with Crippen LogP contribution in [0, 0.1) is 0 Å². The van der Waals surface area contributed by atoms with Crippen molar-refractivity contribution in [3.8, 4) is 17.0 Å². The quantitative estimate of drug-likeness (QED) is 0.485. The van der Waals surface area contributed by atoms with Crippen molar-refractivity contribution in [3.05, 3.63) is 75.4 Å². The molecular formula is C20H13ClN2O4S. The standard InChI is InChI=1S/C20H13ClN2O4S/c21-13-5-7-14(8-6-13)26-10-18(24)23-20-22-16(11-28-20)15-9-12-3-1-2-4-17(12)27-19(15)25/h1-9,11H,10H2,(H,22,23,24). The summed E-state index contributed by atoms with van der Waals surface area (Å²) in [6.45, 7) is -0.172. The van der Waals surface area contributed by atoms with Crippen molar-refractivity contribution in [3.63, 3.8) is 0 Å². The number of halogens is 1. The van der Waals surface area contributed by atoms with Gasteiger partial charge in [0.05, 0.1) is 11.3 Å². The van der Waals surface area contributed by atoms with E-state index in [0.29, 0.717) is 32.7 Å². The highest BCUT2D eigenvalue weighted by Crippen LogP contribution is 2.25. The number of anilines is 1. The zero-order valence-electron chi connectivity index (χ0n) is 14.3. The van der Waals surface area contributed by atoms with Gasteiger partial charge in [-0.05, 0) is 36.4 Å². The van der Waals surface area contributed by atoms with Gasteiger partial charge in [-0.15, -0.1) is 11.3 Å². The van der Waals surface area contributed by atoms with Gasteiger partial charge in [0.15, 0.2) is 11.7 Å². The van der Waals surface area contributed by atoms with Crippen molar-refractivity contribution < 1.29 is 13.9 Å². The van der Waals surface area contributed by atoms with Crippen LogP contribution in [-0.2, 0) is 4.79 Å². The Morgan fingerprint density at radius 3 is 2.79 bits per heavy atom. The van der Waals surface area contributed by atoms with Crippen LogP contribution in [0.3, 0.4) is 0 Å². The number of amides is 1. The number of hydrogen-bond donors (Lipinski definition) is 1. The number of thiazole rings is 1. The Balaban J connectivity index is 1.45. The lowest BCUT2D eigenvalue weighted by molar-refractivity contribution is -0.118. The molecule has 4 aromatic rings. The molecule has 2 heterocycles. The van der Waals surface area contributed by atoms with Gasteiger partial charge in [0, 0.05) is 15.8 Å². The highest BCUT2D eigenvalue weighted by molar-refractivity contribution is 7.14. The molecule has 28 heavy (non-hydrogen) atoms. The van der Waals surface area contributed by atoms with Crippen LogP contribution in [-0.4, -0.2) is 17.5 Å². The number of benzene rings is 2.